The van der Waals surface area contributed by atoms with Gasteiger partial charge < -0.3 is 39.9 Å². The van der Waals surface area contributed by atoms with Gasteiger partial charge in [0.05, 0.1) is 13.2 Å². The first-order valence-electron chi connectivity index (χ1n) is 22.3. The number of ether oxygens (including phenoxy) is 2. The zero-order valence-electron chi connectivity index (χ0n) is 36.0. The van der Waals surface area contributed by atoms with Crippen molar-refractivity contribution in [2.75, 3.05) is 19.8 Å². The number of esters is 1. The molecule has 6 N–H and O–H groups in total. The van der Waals surface area contributed by atoms with Crippen LogP contribution in [-0.4, -0.2) is 98.9 Å². The summed E-state index contributed by atoms with van der Waals surface area (Å²) in [6.07, 6.45) is 34.2. The fourth-order valence-corrected chi connectivity index (χ4v) is 7.25. The van der Waals surface area contributed by atoms with E-state index >= 15 is 0 Å². The Morgan fingerprint density at radius 3 is 1.53 bits per heavy atom. The third kappa shape index (κ3) is 28.9. The average Bonchev–Trinajstić information content (AvgIpc) is 3.22. The van der Waals surface area contributed by atoms with Gasteiger partial charge in [0.15, 0.2) is 0 Å². The summed E-state index contributed by atoms with van der Waals surface area (Å²) in [6.45, 7) is 4.01. The van der Waals surface area contributed by atoms with Crippen LogP contribution in [-0.2, 0) is 27.9 Å². The molecule has 0 saturated heterocycles. The van der Waals surface area contributed by atoms with Gasteiger partial charge in [-0.25, -0.2) is 4.57 Å². The van der Waals surface area contributed by atoms with Gasteiger partial charge in [-0.3, -0.25) is 13.8 Å². The summed E-state index contributed by atoms with van der Waals surface area (Å²) >= 11 is 0. The molecule has 1 rings (SSSR count). The van der Waals surface area contributed by atoms with Crippen LogP contribution in [0, 0.1) is 0 Å². The lowest BCUT2D eigenvalue weighted by Crippen LogP contribution is -2.64. The van der Waals surface area contributed by atoms with Gasteiger partial charge in [0, 0.05) is 13.0 Å². The quantitative estimate of drug-likeness (QED) is 0.0152. The van der Waals surface area contributed by atoms with E-state index < -0.39 is 63.1 Å². The summed E-state index contributed by atoms with van der Waals surface area (Å²) in [5.74, 6) is -0.562. The highest BCUT2D eigenvalue weighted by molar-refractivity contribution is 7.47. The highest BCUT2D eigenvalue weighted by Gasteiger charge is 2.51. The molecule has 1 fully saturated rings. The number of aliphatic hydroxyl groups excluding tert-OH is 5. The standard InChI is InChI=1S/C46H79O12P/c1-3-5-7-9-11-13-15-17-18-19-20-21-22-24-26-28-30-32-34-36-55-37-39(38-56-59(53,54)58-46-44(51)42(49)41(48)43(50)45(46)52)57-40(47)35-33-31-29-27-25-23-16-14-12-10-8-6-4-2/h6,8,12-15,18-19,23,25,29,31,39,41-46,48-52H,3-5,7,9-11,16-17,20-22,24,26-28,30,32-38H2,1-2H3,(H,53,54)/b8-6-,14-12-,15-13-,19-18-,25-23-,31-29-. The summed E-state index contributed by atoms with van der Waals surface area (Å²) in [7, 11) is -5.04. The molecule has 0 aliphatic heterocycles. The summed E-state index contributed by atoms with van der Waals surface area (Å²) in [4.78, 5) is 23.1. The molecule has 0 amide bonds. The molecule has 340 valence electrons. The molecule has 6 atom stereocenters. The lowest BCUT2D eigenvalue weighted by Gasteiger charge is -2.41. The summed E-state index contributed by atoms with van der Waals surface area (Å²) in [5.41, 5.74) is 0. The SMILES string of the molecule is CC/C=C\C/C=C\C/C=C\C/C=C\CCC(=O)OC(COCCCCCCCCCC/C=C\C/C=C\CCCCCC)COP(=O)(O)OC1C(O)C(O)C(O)C(O)C1O. The van der Waals surface area contributed by atoms with Crippen molar-refractivity contribution in [2.24, 2.45) is 0 Å². The number of aliphatic hydroxyl groups is 5. The number of phosphoric acid groups is 1. The Balaban J connectivity index is 2.44. The van der Waals surface area contributed by atoms with E-state index in [9.17, 15) is 39.8 Å². The predicted octanol–water partition coefficient (Wildman–Crippen LogP) is 8.80. The Morgan fingerprint density at radius 2 is 1.00 bits per heavy atom. The van der Waals surface area contributed by atoms with Crippen molar-refractivity contribution in [3.63, 3.8) is 0 Å². The van der Waals surface area contributed by atoms with E-state index in [1.54, 1.807) is 0 Å². The molecule has 0 aromatic carbocycles. The van der Waals surface area contributed by atoms with Crippen LogP contribution in [0.1, 0.15) is 149 Å². The van der Waals surface area contributed by atoms with Gasteiger partial charge in [0.1, 0.15) is 42.7 Å². The molecule has 1 aliphatic rings. The third-order valence-electron chi connectivity index (χ3n) is 9.83. The van der Waals surface area contributed by atoms with Crippen LogP contribution in [0.3, 0.4) is 0 Å². The number of hydrogen-bond acceptors (Lipinski definition) is 11. The van der Waals surface area contributed by atoms with Gasteiger partial charge in [0.2, 0.25) is 0 Å². The monoisotopic (exact) mass is 855 g/mol. The second-order valence-corrected chi connectivity index (χ2v) is 16.6. The Hall–Kier alpha value is -2.22. The third-order valence-corrected chi connectivity index (χ3v) is 10.8. The predicted molar refractivity (Wildman–Crippen MR) is 235 cm³/mol. The fraction of sp³-hybridized carbons (Fsp3) is 0.717. The minimum atomic E-state index is -5.04. The Bertz CT molecular complexity index is 1250. The van der Waals surface area contributed by atoms with Crippen molar-refractivity contribution in [3.05, 3.63) is 72.9 Å². The van der Waals surface area contributed by atoms with E-state index in [2.05, 4.69) is 68.5 Å². The number of rotatable bonds is 36. The molecule has 0 heterocycles. The number of hydrogen-bond donors (Lipinski definition) is 6. The van der Waals surface area contributed by atoms with E-state index in [-0.39, 0.29) is 13.0 Å². The maximum absolute atomic E-state index is 12.8. The van der Waals surface area contributed by atoms with Gasteiger partial charge in [-0.05, 0) is 70.6 Å². The zero-order valence-corrected chi connectivity index (χ0v) is 36.9. The van der Waals surface area contributed by atoms with Crippen molar-refractivity contribution in [3.8, 4) is 0 Å². The number of phosphoric ester groups is 1. The average molecular weight is 855 g/mol. The van der Waals surface area contributed by atoms with Crippen LogP contribution in [0.2, 0.25) is 0 Å². The number of carbonyl (C=O) groups excluding carboxylic acids is 1. The van der Waals surface area contributed by atoms with Gasteiger partial charge in [-0.15, -0.1) is 0 Å². The molecule has 6 unspecified atom stereocenters. The molecule has 13 heteroatoms. The van der Waals surface area contributed by atoms with Crippen molar-refractivity contribution in [1.29, 1.82) is 0 Å². The minimum Gasteiger partial charge on any atom is -0.457 e. The van der Waals surface area contributed by atoms with Gasteiger partial charge in [-0.1, -0.05) is 145 Å². The van der Waals surface area contributed by atoms with Crippen LogP contribution >= 0.6 is 7.82 Å². The minimum absolute atomic E-state index is 0.0597. The van der Waals surface area contributed by atoms with Crippen LogP contribution in [0.5, 0.6) is 0 Å². The zero-order chi connectivity index (χ0) is 43.4. The second kappa shape index (κ2) is 36.4. The van der Waals surface area contributed by atoms with Gasteiger partial charge in [0.25, 0.3) is 0 Å². The van der Waals surface area contributed by atoms with Gasteiger partial charge >= 0.3 is 13.8 Å². The van der Waals surface area contributed by atoms with E-state index in [0.717, 1.165) is 64.2 Å². The smallest absolute Gasteiger partial charge is 0.457 e. The molecule has 0 aromatic heterocycles. The number of allylic oxidation sites excluding steroid dienone is 12. The summed E-state index contributed by atoms with van der Waals surface area (Å²) < 4.78 is 34.0. The number of unbranched alkanes of at least 4 members (excludes halogenated alkanes) is 12. The van der Waals surface area contributed by atoms with Crippen LogP contribution in [0.15, 0.2) is 72.9 Å². The van der Waals surface area contributed by atoms with E-state index in [1.165, 1.54) is 57.8 Å². The molecule has 1 saturated carbocycles. The fourth-order valence-electron chi connectivity index (χ4n) is 6.28. The van der Waals surface area contributed by atoms with Crippen LogP contribution in [0.25, 0.3) is 0 Å². The lowest BCUT2D eigenvalue weighted by atomic mass is 9.85. The first-order valence-corrected chi connectivity index (χ1v) is 23.8. The van der Waals surface area contributed by atoms with Gasteiger partial charge in [-0.2, -0.15) is 0 Å². The van der Waals surface area contributed by atoms with Crippen molar-refractivity contribution < 1.29 is 58.3 Å². The van der Waals surface area contributed by atoms with Crippen molar-refractivity contribution in [1.82, 2.24) is 0 Å². The Kier molecular flexibility index (Phi) is 33.8. The summed E-state index contributed by atoms with van der Waals surface area (Å²) in [6, 6.07) is 0. The summed E-state index contributed by atoms with van der Waals surface area (Å²) in [5, 5.41) is 50.1. The first kappa shape index (κ1) is 54.8. The van der Waals surface area contributed by atoms with E-state index in [4.69, 9.17) is 18.5 Å². The van der Waals surface area contributed by atoms with Crippen molar-refractivity contribution in [2.45, 2.75) is 191 Å². The first-order chi connectivity index (χ1) is 28.5. The molecule has 0 radical (unpaired) electrons. The highest BCUT2D eigenvalue weighted by Crippen LogP contribution is 2.47. The maximum atomic E-state index is 12.8. The molecule has 0 spiro atoms. The van der Waals surface area contributed by atoms with E-state index in [0.29, 0.717) is 13.0 Å². The molecule has 0 aromatic rings. The topological polar surface area (TPSA) is 192 Å². The number of carbonyl (C=O) groups is 1. The van der Waals surface area contributed by atoms with Crippen LogP contribution in [0.4, 0.5) is 0 Å². The molecule has 0 bridgehead atoms. The second-order valence-electron chi connectivity index (χ2n) is 15.2. The molecular weight excluding hydrogens is 775 g/mol. The van der Waals surface area contributed by atoms with Crippen molar-refractivity contribution >= 4 is 13.8 Å². The molecule has 1 aliphatic carbocycles. The normalized spacial score (nSPS) is 23.2. The highest BCUT2D eigenvalue weighted by atomic mass is 31.2. The molecular formula is C46H79O12P. The lowest BCUT2D eigenvalue weighted by molar-refractivity contribution is -0.220. The largest absolute Gasteiger partial charge is 0.472 e. The maximum Gasteiger partial charge on any atom is 0.472 e. The molecule has 59 heavy (non-hydrogen) atoms. The van der Waals surface area contributed by atoms with E-state index in [1.807, 2.05) is 18.2 Å². The van der Waals surface area contributed by atoms with Crippen LogP contribution < -0.4 is 0 Å². The molecule has 12 nitrogen and oxygen atoms in total. The Labute approximate surface area is 355 Å². The Morgan fingerprint density at radius 1 is 0.559 bits per heavy atom.